The summed E-state index contributed by atoms with van der Waals surface area (Å²) in [6.07, 6.45) is 4.77. The summed E-state index contributed by atoms with van der Waals surface area (Å²) in [5, 5.41) is 0. The van der Waals surface area contributed by atoms with Crippen LogP contribution in [0.25, 0.3) is 0 Å². The molecule has 0 aromatic heterocycles. The molecule has 0 atom stereocenters. The van der Waals surface area contributed by atoms with Crippen molar-refractivity contribution >= 4 is 31.9 Å². The molecule has 1 amide bonds. The molecule has 0 spiro atoms. The van der Waals surface area contributed by atoms with Crippen LogP contribution in [-0.4, -0.2) is 21.4 Å². The van der Waals surface area contributed by atoms with Gasteiger partial charge in [-0.15, -0.1) is 4.83 Å². The van der Waals surface area contributed by atoms with E-state index in [0.717, 1.165) is 32.1 Å². The smallest absolute Gasteiger partial charge is 0.257 e. The molecule has 0 aliphatic heterocycles. The van der Waals surface area contributed by atoms with Crippen molar-refractivity contribution < 1.29 is 17.9 Å². The first kappa shape index (κ1) is 17.2. The first-order chi connectivity index (χ1) is 10.4. The number of amides is 1. The van der Waals surface area contributed by atoms with E-state index < -0.39 is 10.0 Å². The molecule has 2 rings (SSSR count). The van der Waals surface area contributed by atoms with Crippen LogP contribution in [0, 0.1) is 5.92 Å². The van der Waals surface area contributed by atoms with Gasteiger partial charge in [-0.2, -0.15) is 0 Å². The number of nitrogens with one attached hydrogen (secondary N) is 2. The third-order valence-electron chi connectivity index (χ3n) is 3.72. The highest BCUT2D eigenvalue weighted by Crippen LogP contribution is 2.27. The number of halogens is 1. The number of carbonyl (C=O) groups excluding carboxylic acids is 1. The van der Waals surface area contributed by atoms with Crippen molar-refractivity contribution in [2.45, 2.75) is 37.0 Å². The SMILES string of the molecule is COc1ccc(S(=O)(=O)NNC(=O)C2CCCCC2)cc1Br. The molecule has 1 fully saturated rings. The first-order valence-electron chi connectivity index (χ1n) is 7.09. The largest absolute Gasteiger partial charge is 0.496 e. The first-order valence-corrected chi connectivity index (χ1v) is 9.37. The molecule has 0 heterocycles. The van der Waals surface area contributed by atoms with Crippen molar-refractivity contribution in [3.8, 4) is 5.75 Å². The number of rotatable bonds is 5. The lowest BCUT2D eigenvalue weighted by Gasteiger charge is -2.20. The van der Waals surface area contributed by atoms with E-state index in [1.54, 1.807) is 6.07 Å². The molecule has 0 radical (unpaired) electrons. The number of hydrogen-bond donors (Lipinski definition) is 2. The molecule has 8 heteroatoms. The molecule has 1 saturated carbocycles. The third kappa shape index (κ3) is 4.21. The quantitative estimate of drug-likeness (QED) is 0.755. The van der Waals surface area contributed by atoms with Gasteiger partial charge in [-0.1, -0.05) is 19.3 Å². The molecule has 0 unspecified atom stereocenters. The number of carbonyl (C=O) groups is 1. The normalized spacial score (nSPS) is 16.3. The minimum absolute atomic E-state index is 0.0455. The van der Waals surface area contributed by atoms with Crippen LogP contribution in [0.1, 0.15) is 32.1 Å². The standard InChI is InChI=1S/C14H19BrN2O4S/c1-21-13-8-7-11(9-12(13)15)22(19,20)17-16-14(18)10-5-3-2-4-6-10/h7-10,17H,2-6H2,1H3,(H,16,18). The maximum absolute atomic E-state index is 12.2. The van der Waals surface area contributed by atoms with Gasteiger partial charge in [0.2, 0.25) is 5.91 Å². The molecule has 2 N–H and O–H groups in total. The van der Waals surface area contributed by atoms with Crippen LogP contribution < -0.4 is 15.0 Å². The summed E-state index contributed by atoms with van der Waals surface area (Å²) in [6, 6.07) is 4.38. The Kier molecular flexibility index (Phi) is 5.82. The van der Waals surface area contributed by atoms with Gasteiger partial charge in [-0.3, -0.25) is 10.2 Å². The summed E-state index contributed by atoms with van der Waals surface area (Å²) in [5.74, 6) is 0.153. The van der Waals surface area contributed by atoms with Gasteiger partial charge >= 0.3 is 0 Å². The molecule has 1 aliphatic carbocycles. The number of sulfonamides is 1. The second-order valence-electron chi connectivity index (χ2n) is 5.23. The Labute approximate surface area is 138 Å². The Balaban J connectivity index is 2.01. The number of hydrogen-bond acceptors (Lipinski definition) is 4. The lowest BCUT2D eigenvalue weighted by atomic mass is 9.89. The van der Waals surface area contributed by atoms with E-state index >= 15 is 0 Å². The van der Waals surface area contributed by atoms with Crippen LogP contribution in [0.2, 0.25) is 0 Å². The number of ether oxygens (including phenoxy) is 1. The van der Waals surface area contributed by atoms with E-state index in [2.05, 4.69) is 26.2 Å². The summed E-state index contributed by atoms with van der Waals surface area (Å²) in [5.41, 5.74) is 2.32. The second-order valence-corrected chi connectivity index (χ2v) is 7.76. The molecular weight excluding hydrogens is 372 g/mol. The molecule has 22 heavy (non-hydrogen) atoms. The second kappa shape index (κ2) is 7.43. The predicted molar refractivity (Wildman–Crippen MR) is 85.7 cm³/mol. The highest BCUT2D eigenvalue weighted by molar-refractivity contribution is 9.10. The number of methoxy groups -OCH3 is 1. The average molecular weight is 391 g/mol. The summed E-state index contributed by atoms with van der Waals surface area (Å²) >= 11 is 3.24. The fourth-order valence-corrected chi connectivity index (χ4v) is 4.02. The van der Waals surface area contributed by atoms with Crippen LogP contribution in [0.5, 0.6) is 5.75 Å². The monoisotopic (exact) mass is 390 g/mol. The van der Waals surface area contributed by atoms with E-state index in [4.69, 9.17) is 4.74 Å². The van der Waals surface area contributed by atoms with Gasteiger partial charge in [0.25, 0.3) is 10.0 Å². The molecule has 1 aromatic carbocycles. The van der Waals surface area contributed by atoms with Gasteiger partial charge < -0.3 is 4.74 Å². The maximum Gasteiger partial charge on any atom is 0.257 e. The van der Waals surface area contributed by atoms with Crippen molar-refractivity contribution in [3.05, 3.63) is 22.7 Å². The summed E-state index contributed by atoms with van der Waals surface area (Å²) < 4.78 is 30.0. The van der Waals surface area contributed by atoms with Crippen LogP contribution in [-0.2, 0) is 14.8 Å². The van der Waals surface area contributed by atoms with Crippen LogP contribution >= 0.6 is 15.9 Å². The van der Waals surface area contributed by atoms with Gasteiger partial charge in [0.1, 0.15) is 5.75 Å². The van der Waals surface area contributed by atoms with E-state index in [9.17, 15) is 13.2 Å². The van der Waals surface area contributed by atoms with Gasteiger partial charge in [0.05, 0.1) is 16.5 Å². The molecule has 0 saturated heterocycles. The summed E-state index contributed by atoms with van der Waals surface area (Å²) in [7, 11) is -2.31. The van der Waals surface area contributed by atoms with Crippen LogP contribution in [0.3, 0.4) is 0 Å². The number of hydrazine groups is 1. The van der Waals surface area contributed by atoms with Crippen LogP contribution in [0.4, 0.5) is 0 Å². The lowest BCUT2D eigenvalue weighted by molar-refractivity contribution is -0.126. The van der Waals surface area contributed by atoms with E-state index in [-0.39, 0.29) is 16.7 Å². The zero-order chi connectivity index (χ0) is 16.2. The number of benzene rings is 1. The van der Waals surface area contributed by atoms with Crippen molar-refractivity contribution in [1.29, 1.82) is 0 Å². The zero-order valence-corrected chi connectivity index (χ0v) is 14.7. The third-order valence-corrected chi connectivity index (χ3v) is 5.58. The molecule has 122 valence electrons. The Morgan fingerprint density at radius 2 is 1.95 bits per heavy atom. The van der Waals surface area contributed by atoms with E-state index in [1.165, 1.54) is 19.2 Å². The van der Waals surface area contributed by atoms with Gasteiger partial charge in [-0.25, -0.2) is 8.42 Å². The zero-order valence-electron chi connectivity index (χ0n) is 12.3. The minimum atomic E-state index is -3.81. The van der Waals surface area contributed by atoms with Gasteiger partial charge in [0.15, 0.2) is 0 Å². The molecule has 0 bridgehead atoms. The highest BCUT2D eigenvalue weighted by Gasteiger charge is 2.23. The minimum Gasteiger partial charge on any atom is -0.496 e. The molecule has 6 nitrogen and oxygen atoms in total. The topological polar surface area (TPSA) is 84.5 Å². The highest BCUT2D eigenvalue weighted by atomic mass is 79.9. The Hall–Kier alpha value is -1.12. The summed E-state index contributed by atoms with van der Waals surface area (Å²) in [6.45, 7) is 0. The lowest BCUT2D eigenvalue weighted by Crippen LogP contribution is -2.44. The fraction of sp³-hybridized carbons (Fsp3) is 0.500. The Morgan fingerprint density at radius 3 is 2.55 bits per heavy atom. The van der Waals surface area contributed by atoms with Crippen molar-refractivity contribution in [3.63, 3.8) is 0 Å². The maximum atomic E-state index is 12.2. The summed E-state index contributed by atoms with van der Waals surface area (Å²) in [4.78, 5) is 14.2. The van der Waals surface area contributed by atoms with Gasteiger partial charge in [0, 0.05) is 5.92 Å². The Morgan fingerprint density at radius 1 is 1.27 bits per heavy atom. The Bertz CT molecular complexity index is 642. The van der Waals surface area contributed by atoms with Crippen molar-refractivity contribution in [1.82, 2.24) is 10.3 Å². The van der Waals surface area contributed by atoms with Crippen molar-refractivity contribution in [2.75, 3.05) is 7.11 Å². The van der Waals surface area contributed by atoms with Gasteiger partial charge in [-0.05, 0) is 47.0 Å². The molecular formula is C14H19BrN2O4S. The van der Waals surface area contributed by atoms with E-state index in [1.807, 2.05) is 0 Å². The molecule has 1 aliphatic rings. The molecule has 1 aromatic rings. The van der Waals surface area contributed by atoms with E-state index in [0.29, 0.717) is 10.2 Å². The fourth-order valence-electron chi connectivity index (χ4n) is 2.46. The average Bonchev–Trinajstić information content (AvgIpc) is 2.53. The van der Waals surface area contributed by atoms with Crippen LogP contribution in [0.15, 0.2) is 27.6 Å². The van der Waals surface area contributed by atoms with Crippen molar-refractivity contribution in [2.24, 2.45) is 5.92 Å². The predicted octanol–water partition coefficient (Wildman–Crippen LogP) is 2.35.